The number of nitriles is 1. The third kappa shape index (κ3) is 5.85. The molecule has 0 spiro atoms. The second-order valence-electron chi connectivity index (χ2n) is 6.49. The molecule has 0 aliphatic carbocycles. The van der Waals surface area contributed by atoms with Crippen LogP contribution < -0.4 is 10.1 Å². The standard InChI is InChI=1S/C23H15Cl2N3O4/c24-18-9-8-16(21(25)11-18)14-32-22-7-2-1-4-15(22)10-17(13-26)23(29)27-19-5-3-6-20(12-19)28(30)31/h1-12H,14H2,(H,27,29)/b17-10+. The Kier molecular flexibility index (Phi) is 7.45. The second kappa shape index (κ2) is 10.4. The van der Waals surface area contributed by atoms with Crippen molar-refractivity contribution in [2.24, 2.45) is 0 Å². The van der Waals surface area contributed by atoms with E-state index in [0.717, 1.165) is 5.56 Å². The number of benzene rings is 3. The average molecular weight is 468 g/mol. The highest BCUT2D eigenvalue weighted by Gasteiger charge is 2.13. The number of carbonyl (C=O) groups excluding carboxylic acids is 1. The van der Waals surface area contributed by atoms with Crippen LogP contribution in [0.5, 0.6) is 5.75 Å². The number of nitrogens with one attached hydrogen (secondary N) is 1. The first-order valence-electron chi connectivity index (χ1n) is 9.20. The summed E-state index contributed by atoms with van der Waals surface area (Å²) in [6, 6.07) is 19.2. The maximum absolute atomic E-state index is 12.6. The summed E-state index contributed by atoms with van der Waals surface area (Å²) < 4.78 is 5.84. The number of non-ortho nitro benzene ring substituents is 1. The van der Waals surface area contributed by atoms with Crippen LogP contribution in [-0.4, -0.2) is 10.8 Å². The molecular formula is C23H15Cl2N3O4. The molecule has 7 nitrogen and oxygen atoms in total. The SMILES string of the molecule is N#C/C(=C\c1ccccc1OCc1ccc(Cl)cc1Cl)C(=O)Nc1cccc([N+](=O)[O-])c1. The summed E-state index contributed by atoms with van der Waals surface area (Å²) in [4.78, 5) is 22.9. The van der Waals surface area contributed by atoms with Crippen molar-refractivity contribution >= 4 is 46.6 Å². The molecule has 0 saturated heterocycles. The van der Waals surface area contributed by atoms with Gasteiger partial charge in [-0.3, -0.25) is 14.9 Å². The van der Waals surface area contributed by atoms with Gasteiger partial charge >= 0.3 is 0 Å². The predicted octanol–water partition coefficient (Wildman–Crippen LogP) is 6.03. The van der Waals surface area contributed by atoms with E-state index >= 15 is 0 Å². The molecule has 0 heterocycles. The van der Waals surface area contributed by atoms with Crippen LogP contribution in [0.2, 0.25) is 10.0 Å². The lowest BCUT2D eigenvalue weighted by Gasteiger charge is -2.11. The van der Waals surface area contributed by atoms with Crippen LogP contribution in [0, 0.1) is 21.4 Å². The first kappa shape index (κ1) is 22.8. The van der Waals surface area contributed by atoms with Crippen molar-refractivity contribution < 1.29 is 14.5 Å². The molecule has 0 unspecified atom stereocenters. The quantitative estimate of drug-likeness (QED) is 0.197. The number of amides is 1. The minimum Gasteiger partial charge on any atom is -0.488 e. The molecule has 9 heteroatoms. The zero-order valence-corrected chi connectivity index (χ0v) is 17.9. The summed E-state index contributed by atoms with van der Waals surface area (Å²) in [5.74, 6) is -0.266. The number of nitro groups is 1. The van der Waals surface area contributed by atoms with Gasteiger partial charge in [0.1, 0.15) is 24.0 Å². The van der Waals surface area contributed by atoms with Crippen molar-refractivity contribution in [3.8, 4) is 11.8 Å². The molecule has 3 aromatic rings. The zero-order valence-electron chi connectivity index (χ0n) is 16.4. The van der Waals surface area contributed by atoms with Crippen molar-refractivity contribution in [3.63, 3.8) is 0 Å². The van der Waals surface area contributed by atoms with Crippen molar-refractivity contribution in [2.75, 3.05) is 5.32 Å². The number of halogens is 2. The Hall–Kier alpha value is -3.86. The van der Waals surface area contributed by atoms with Gasteiger partial charge in [0, 0.05) is 39.0 Å². The van der Waals surface area contributed by atoms with Crippen molar-refractivity contribution in [3.05, 3.63) is 104 Å². The summed E-state index contributed by atoms with van der Waals surface area (Å²) in [5, 5.41) is 23.9. The van der Waals surface area contributed by atoms with Gasteiger partial charge in [0.05, 0.1) is 4.92 Å². The van der Waals surface area contributed by atoms with E-state index in [9.17, 15) is 20.2 Å². The van der Waals surface area contributed by atoms with Gasteiger partial charge in [-0.05, 0) is 30.3 Å². The molecule has 0 aliphatic heterocycles. The minimum atomic E-state index is -0.705. The number of para-hydroxylation sites is 1. The fourth-order valence-corrected chi connectivity index (χ4v) is 3.19. The molecule has 0 aliphatic rings. The van der Waals surface area contributed by atoms with E-state index < -0.39 is 10.8 Å². The Labute approximate surface area is 193 Å². The lowest BCUT2D eigenvalue weighted by atomic mass is 10.1. The normalized spacial score (nSPS) is 10.8. The summed E-state index contributed by atoms with van der Waals surface area (Å²) in [5.41, 5.74) is 1.05. The van der Waals surface area contributed by atoms with E-state index in [1.165, 1.54) is 30.3 Å². The van der Waals surface area contributed by atoms with Crippen molar-refractivity contribution in [1.29, 1.82) is 5.26 Å². The number of nitro benzene ring substituents is 1. The summed E-state index contributed by atoms with van der Waals surface area (Å²) in [6.07, 6.45) is 1.38. The molecule has 160 valence electrons. The van der Waals surface area contributed by atoms with Gasteiger partial charge in [-0.2, -0.15) is 5.26 Å². The number of hydrogen-bond acceptors (Lipinski definition) is 5. The van der Waals surface area contributed by atoms with Gasteiger partial charge in [0.25, 0.3) is 11.6 Å². The third-order valence-corrected chi connectivity index (χ3v) is 4.88. The van der Waals surface area contributed by atoms with Crippen molar-refractivity contribution in [1.82, 2.24) is 0 Å². The van der Waals surface area contributed by atoms with Crippen molar-refractivity contribution in [2.45, 2.75) is 6.61 Å². The van der Waals surface area contributed by atoms with Crippen LogP contribution in [0.3, 0.4) is 0 Å². The van der Waals surface area contributed by atoms with E-state index in [0.29, 0.717) is 21.4 Å². The number of anilines is 1. The topological polar surface area (TPSA) is 105 Å². The maximum atomic E-state index is 12.6. The Bertz CT molecular complexity index is 1250. The third-order valence-electron chi connectivity index (χ3n) is 4.30. The van der Waals surface area contributed by atoms with E-state index in [1.54, 1.807) is 42.5 Å². The molecular weight excluding hydrogens is 453 g/mol. The Morgan fingerprint density at radius 3 is 2.62 bits per heavy atom. The first-order valence-corrected chi connectivity index (χ1v) is 9.96. The average Bonchev–Trinajstić information content (AvgIpc) is 2.77. The van der Waals surface area contributed by atoms with Gasteiger partial charge in [0.15, 0.2) is 0 Å². The highest BCUT2D eigenvalue weighted by molar-refractivity contribution is 6.35. The molecule has 0 atom stereocenters. The van der Waals surface area contributed by atoms with Crippen LogP contribution in [0.25, 0.3) is 6.08 Å². The number of ether oxygens (including phenoxy) is 1. The Morgan fingerprint density at radius 1 is 1.12 bits per heavy atom. The molecule has 0 bridgehead atoms. The van der Waals surface area contributed by atoms with Crippen LogP contribution in [0.4, 0.5) is 11.4 Å². The molecule has 32 heavy (non-hydrogen) atoms. The highest BCUT2D eigenvalue weighted by atomic mass is 35.5. The maximum Gasteiger partial charge on any atom is 0.271 e. The fraction of sp³-hybridized carbons (Fsp3) is 0.0435. The Morgan fingerprint density at radius 2 is 1.91 bits per heavy atom. The minimum absolute atomic E-state index is 0.155. The fourth-order valence-electron chi connectivity index (χ4n) is 2.73. The summed E-state index contributed by atoms with van der Waals surface area (Å²) >= 11 is 12.1. The van der Waals surface area contributed by atoms with Gasteiger partial charge in [-0.1, -0.05) is 53.5 Å². The molecule has 1 N–H and O–H groups in total. The summed E-state index contributed by atoms with van der Waals surface area (Å²) in [7, 11) is 0. The van der Waals surface area contributed by atoms with E-state index in [4.69, 9.17) is 27.9 Å². The number of nitrogens with zero attached hydrogens (tertiary/aromatic N) is 2. The lowest BCUT2D eigenvalue weighted by Crippen LogP contribution is -2.13. The molecule has 1 amide bonds. The molecule has 3 aromatic carbocycles. The highest BCUT2D eigenvalue weighted by Crippen LogP contribution is 2.26. The molecule has 0 saturated carbocycles. The second-order valence-corrected chi connectivity index (χ2v) is 7.34. The largest absolute Gasteiger partial charge is 0.488 e. The van der Waals surface area contributed by atoms with Gasteiger partial charge in [-0.15, -0.1) is 0 Å². The molecule has 3 rings (SSSR count). The molecule has 0 aromatic heterocycles. The lowest BCUT2D eigenvalue weighted by molar-refractivity contribution is -0.384. The van der Waals surface area contributed by atoms with E-state index in [1.807, 2.05) is 6.07 Å². The Balaban J connectivity index is 1.80. The smallest absolute Gasteiger partial charge is 0.271 e. The van der Waals surface area contributed by atoms with Gasteiger partial charge in [-0.25, -0.2) is 0 Å². The van der Waals surface area contributed by atoms with Gasteiger partial charge < -0.3 is 10.1 Å². The van der Waals surface area contributed by atoms with Crippen LogP contribution >= 0.6 is 23.2 Å². The van der Waals surface area contributed by atoms with Crippen LogP contribution in [0.1, 0.15) is 11.1 Å². The first-order chi connectivity index (χ1) is 15.4. The van der Waals surface area contributed by atoms with Gasteiger partial charge in [0.2, 0.25) is 0 Å². The van der Waals surface area contributed by atoms with E-state index in [-0.39, 0.29) is 23.6 Å². The molecule has 0 radical (unpaired) electrons. The predicted molar refractivity (Wildman–Crippen MR) is 123 cm³/mol. The number of hydrogen-bond donors (Lipinski definition) is 1. The van der Waals surface area contributed by atoms with E-state index in [2.05, 4.69) is 5.32 Å². The number of rotatable bonds is 7. The van der Waals surface area contributed by atoms with Crippen LogP contribution in [0.15, 0.2) is 72.3 Å². The number of carbonyl (C=O) groups is 1. The monoisotopic (exact) mass is 467 g/mol. The summed E-state index contributed by atoms with van der Waals surface area (Å²) in [6.45, 7) is 0.155. The molecule has 0 fully saturated rings. The zero-order chi connectivity index (χ0) is 23.1. The van der Waals surface area contributed by atoms with Crippen LogP contribution in [-0.2, 0) is 11.4 Å².